The third-order valence-electron chi connectivity index (χ3n) is 1.83. The highest BCUT2D eigenvalue weighted by Crippen LogP contribution is 2.26. The molecule has 90 valence electrons. The molecule has 0 saturated heterocycles. The van der Waals surface area contributed by atoms with Crippen LogP contribution in [0, 0.1) is 0 Å². The number of ether oxygens (including phenoxy) is 2. The zero-order chi connectivity index (χ0) is 12.0. The minimum absolute atomic E-state index is 0.000116. The molecule has 1 aromatic heterocycles. The van der Waals surface area contributed by atoms with Crippen molar-refractivity contribution < 1.29 is 22.6 Å². The van der Waals surface area contributed by atoms with E-state index in [9.17, 15) is 13.2 Å². The van der Waals surface area contributed by atoms with Gasteiger partial charge in [0.25, 0.3) is 0 Å². The van der Waals surface area contributed by atoms with Gasteiger partial charge in [-0.1, -0.05) is 0 Å². The zero-order valence-electron chi connectivity index (χ0n) is 8.75. The average Bonchev–Trinajstić information content (AvgIpc) is 2.23. The van der Waals surface area contributed by atoms with E-state index in [1.165, 1.54) is 19.5 Å². The topological polar surface area (TPSA) is 31.4 Å². The molecule has 1 heterocycles. The Labute approximate surface area is 91.2 Å². The second-order valence-electron chi connectivity index (χ2n) is 3.09. The lowest BCUT2D eigenvalue weighted by Gasteiger charge is -2.10. The Morgan fingerprint density at radius 1 is 1.31 bits per heavy atom. The van der Waals surface area contributed by atoms with Crippen LogP contribution in [-0.2, 0) is 0 Å². The first-order chi connectivity index (χ1) is 7.53. The van der Waals surface area contributed by atoms with Crippen LogP contribution in [0.25, 0.3) is 0 Å². The highest BCUT2D eigenvalue weighted by Gasteiger charge is 2.26. The minimum atomic E-state index is -4.13. The Hall–Kier alpha value is -1.46. The summed E-state index contributed by atoms with van der Waals surface area (Å²) in [5.74, 6) is 0.814. The fourth-order valence-electron chi connectivity index (χ4n) is 1.09. The molecule has 0 fully saturated rings. The summed E-state index contributed by atoms with van der Waals surface area (Å²) in [6, 6.07) is 1.55. The smallest absolute Gasteiger partial charge is 0.389 e. The maximum absolute atomic E-state index is 11.8. The molecule has 0 atom stereocenters. The molecule has 0 unspecified atom stereocenters. The molecule has 1 rings (SSSR count). The van der Waals surface area contributed by atoms with Crippen molar-refractivity contribution in [2.24, 2.45) is 0 Å². The van der Waals surface area contributed by atoms with Gasteiger partial charge < -0.3 is 9.47 Å². The van der Waals surface area contributed by atoms with Crippen molar-refractivity contribution in [3.05, 3.63) is 18.5 Å². The molecule has 0 amide bonds. The Balaban J connectivity index is 2.37. The lowest BCUT2D eigenvalue weighted by atomic mass is 10.3. The lowest BCUT2D eigenvalue weighted by Crippen LogP contribution is -2.10. The van der Waals surface area contributed by atoms with Crippen LogP contribution in [-0.4, -0.2) is 24.9 Å². The van der Waals surface area contributed by atoms with Gasteiger partial charge in [-0.25, -0.2) is 0 Å². The van der Waals surface area contributed by atoms with Gasteiger partial charge in [0.2, 0.25) is 0 Å². The molecule has 0 N–H and O–H groups in total. The van der Waals surface area contributed by atoms with Crippen LogP contribution in [0.2, 0.25) is 0 Å². The van der Waals surface area contributed by atoms with Crippen LogP contribution in [0.1, 0.15) is 12.8 Å². The molecule has 0 aliphatic heterocycles. The van der Waals surface area contributed by atoms with Crippen LogP contribution < -0.4 is 9.47 Å². The van der Waals surface area contributed by atoms with E-state index >= 15 is 0 Å². The van der Waals surface area contributed by atoms with Crippen molar-refractivity contribution in [2.45, 2.75) is 19.0 Å². The quantitative estimate of drug-likeness (QED) is 0.735. The normalized spacial score (nSPS) is 11.2. The molecule has 0 aromatic carbocycles. The largest absolute Gasteiger partial charge is 0.491 e. The van der Waals surface area contributed by atoms with E-state index in [0.717, 1.165) is 0 Å². The maximum Gasteiger partial charge on any atom is 0.389 e. The summed E-state index contributed by atoms with van der Waals surface area (Å²) in [6.07, 6.45) is -2.12. The van der Waals surface area contributed by atoms with Gasteiger partial charge in [-0.05, 0) is 6.42 Å². The fraction of sp³-hybridized carbons (Fsp3) is 0.500. The van der Waals surface area contributed by atoms with E-state index in [4.69, 9.17) is 9.47 Å². The summed E-state index contributed by atoms with van der Waals surface area (Å²) in [7, 11) is 1.44. The summed E-state index contributed by atoms with van der Waals surface area (Å²) in [5, 5.41) is 0. The van der Waals surface area contributed by atoms with Crippen molar-refractivity contribution in [3.63, 3.8) is 0 Å². The van der Waals surface area contributed by atoms with Gasteiger partial charge in [-0.3, -0.25) is 4.98 Å². The first kappa shape index (κ1) is 12.6. The Morgan fingerprint density at radius 3 is 2.69 bits per heavy atom. The number of hydrogen-bond donors (Lipinski definition) is 0. The summed E-state index contributed by atoms with van der Waals surface area (Å²) in [4.78, 5) is 3.80. The molecule has 0 spiro atoms. The molecule has 0 saturated carbocycles. The Morgan fingerprint density at radius 2 is 2.06 bits per heavy atom. The predicted molar refractivity (Wildman–Crippen MR) is 51.6 cm³/mol. The number of methoxy groups -OCH3 is 1. The molecule has 16 heavy (non-hydrogen) atoms. The number of nitrogens with zero attached hydrogens (tertiary/aromatic N) is 1. The number of hydrogen-bond acceptors (Lipinski definition) is 3. The van der Waals surface area contributed by atoms with Crippen molar-refractivity contribution in [1.82, 2.24) is 4.98 Å². The molecule has 0 radical (unpaired) electrons. The van der Waals surface area contributed by atoms with Crippen LogP contribution in [0.5, 0.6) is 11.5 Å². The van der Waals surface area contributed by atoms with Gasteiger partial charge in [0, 0.05) is 18.7 Å². The number of aromatic nitrogens is 1. The van der Waals surface area contributed by atoms with E-state index in [1.54, 1.807) is 6.07 Å². The fourth-order valence-corrected chi connectivity index (χ4v) is 1.09. The van der Waals surface area contributed by atoms with Crippen molar-refractivity contribution >= 4 is 0 Å². The molecular formula is C10H12F3NO2. The summed E-state index contributed by atoms with van der Waals surface area (Å²) >= 11 is 0. The van der Waals surface area contributed by atoms with Crippen LogP contribution >= 0.6 is 0 Å². The van der Waals surface area contributed by atoms with E-state index in [-0.39, 0.29) is 13.0 Å². The molecule has 1 aromatic rings. The molecule has 0 aliphatic rings. The van der Waals surface area contributed by atoms with Crippen molar-refractivity contribution in [3.8, 4) is 11.5 Å². The van der Waals surface area contributed by atoms with Gasteiger partial charge in [-0.15, -0.1) is 0 Å². The monoisotopic (exact) mass is 235 g/mol. The van der Waals surface area contributed by atoms with Crippen LogP contribution in [0.4, 0.5) is 13.2 Å². The molecule has 6 heteroatoms. The number of alkyl halides is 3. The summed E-state index contributed by atoms with van der Waals surface area (Å²) < 4.78 is 45.6. The SMILES string of the molecule is COc1cnccc1OCCCC(F)(F)F. The van der Waals surface area contributed by atoms with Gasteiger partial charge in [0.1, 0.15) is 0 Å². The average molecular weight is 235 g/mol. The maximum atomic E-state index is 11.8. The Bertz CT molecular complexity index is 328. The number of pyridine rings is 1. The Kier molecular flexibility index (Phi) is 4.39. The van der Waals surface area contributed by atoms with Gasteiger partial charge in [0.05, 0.1) is 19.9 Å². The van der Waals surface area contributed by atoms with Crippen molar-refractivity contribution in [2.75, 3.05) is 13.7 Å². The third kappa shape index (κ3) is 4.37. The van der Waals surface area contributed by atoms with Crippen LogP contribution in [0.3, 0.4) is 0 Å². The first-order valence-corrected chi connectivity index (χ1v) is 4.70. The molecule has 0 aliphatic carbocycles. The first-order valence-electron chi connectivity index (χ1n) is 4.70. The van der Waals surface area contributed by atoms with E-state index < -0.39 is 12.6 Å². The van der Waals surface area contributed by atoms with Gasteiger partial charge in [-0.2, -0.15) is 13.2 Å². The predicted octanol–water partition coefficient (Wildman–Crippen LogP) is 2.81. The van der Waals surface area contributed by atoms with Gasteiger partial charge in [0.15, 0.2) is 11.5 Å². The highest BCUT2D eigenvalue weighted by molar-refractivity contribution is 5.36. The number of rotatable bonds is 5. The van der Waals surface area contributed by atoms with Crippen molar-refractivity contribution in [1.29, 1.82) is 0 Å². The minimum Gasteiger partial charge on any atom is -0.491 e. The van der Waals surface area contributed by atoms with Crippen LogP contribution in [0.15, 0.2) is 18.5 Å². The van der Waals surface area contributed by atoms with Gasteiger partial charge >= 0.3 is 6.18 Å². The van der Waals surface area contributed by atoms with E-state index in [1.807, 2.05) is 0 Å². The number of halogens is 3. The zero-order valence-corrected chi connectivity index (χ0v) is 8.75. The third-order valence-corrected chi connectivity index (χ3v) is 1.83. The molecular weight excluding hydrogens is 223 g/mol. The molecule has 3 nitrogen and oxygen atoms in total. The lowest BCUT2D eigenvalue weighted by molar-refractivity contribution is -0.136. The van der Waals surface area contributed by atoms with E-state index in [0.29, 0.717) is 11.5 Å². The summed E-state index contributed by atoms with van der Waals surface area (Å²) in [5.41, 5.74) is 0. The standard InChI is InChI=1S/C10H12F3NO2/c1-15-9-7-14-5-3-8(9)16-6-2-4-10(11,12)13/h3,5,7H,2,4,6H2,1H3. The summed E-state index contributed by atoms with van der Waals surface area (Å²) in [6.45, 7) is -0.000116. The second-order valence-corrected chi connectivity index (χ2v) is 3.09. The second kappa shape index (κ2) is 5.58. The highest BCUT2D eigenvalue weighted by atomic mass is 19.4. The molecule has 0 bridgehead atoms. The van der Waals surface area contributed by atoms with E-state index in [2.05, 4.69) is 4.98 Å².